The van der Waals surface area contributed by atoms with Crippen LogP contribution in [-0.4, -0.2) is 61.9 Å². The Morgan fingerprint density at radius 2 is 1.81 bits per heavy atom. The summed E-state index contributed by atoms with van der Waals surface area (Å²) in [7, 11) is 2.07. The van der Waals surface area contributed by atoms with Crippen LogP contribution in [0.15, 0.2) is 47.5 Å². The van der Waals surface area contributed by atoms with Crippen molar-refractivity contribution in [2.75, 3.05) is 44.9 Å². The quantitative estimate of drug-likeness (QED) is 0.535. The van der Waals surface area contributed by atoms with Crippen LogP contribution in [0.5, 0.6) is 0 Å². The van der Waals surface area contributed by atoms with E-state index < -0.39 is 18.9 Å². The van der Waals surface area contributed by atoms with Crippen molar-refractivity contribution in [2.45, 2.75) is 6.92 Å². The number of likely N-dealkylation sites (N-methyl/N-ethyl adjacent to an activating group) is 1. The lowest BCUT2D eigenvalue weighted by Crippen LogP contribution is -2.51. The molecular formula is C22H23ClN4O4. The maximum absolute atomic E-state index is 13.3. The van der Waals surface area contributed by atoms with Gasteiger partial charge in [-0.05, 0) is 37.4 Å². The zero-order valence-electron chi connectivity index (χ0n) is 17.4. The monoisotopic (exact) mass is 442 g/mol. The van der Waals surface area contributed by atoms with E-state index in [1.807, 2.05) is 24.3 Å². The molecule has 0 unspecified atom stereocenters. The molecule has 0 aliphatic carbocycles. The van der Waals surface area contributed by atoms with Crippen LogP contribution < -0.4 is 15.5 Å². The third kappa shape index (κ3) is 4.50. The Hall–Kier alpha value is -3.10. The number of carbonyl (C=O) groups excluding carboxylic acids is 2. The summed E-state index contributed by atoms with van der Waals surface area (Å²) in [5.41, 5.74) is 1.09. The van der Waals surface area contributed by atoms with Gasteiger partial charge in [0.25, 0.3) is 0 Å². The fourth-order valence-electron chi connectivity index (χ4n) is 3.64. The number of para-hydroxylation sites is 1. The van der Waals surface area contributed by atoms with E-state index in [2.05, 4.69) is 16.8 Å². The summed E-state index contributed by atoms with van der Waals surface area (Å²) in [6, 6.07) is 12.9. The number of benzene rings is 2. The number of esters is 1. The second-order valence-corrected chi connectivity index (χ2v) is 7.81. The minimum absolute atomic E-state index is 0.468. The maximum Gasteiger partial charge on any atom is 0.423 e. The van der Waals surface area contributed by atoms with E-state index in [4.69, 9.17) is 26.1 Å². The molecule has 0 aromatic heterocycles. The summed E-state index contributed by atoms with van der Waals surface area (Å²) < 4.78 is 10.1. The van der Waals surface area contributed by atoms with E-state index in [-0.39, 0.29) is 0 Å². The Bertz CT molecular complexity index is 1130. The highest BCUT2D eigenvalue weighted by Crippen LogP contribution is 2.36. The predicted octanol–water partition coefficient (Wildman–Crippen LogP) is 2.08. The smallest absolute Gasteiger partial charge is 0.423 e. The number of amides is 1. The van der Waals surface area contributed by atoms with Gasteiger partial charge in [-0.25, -0.2) is 14.7 Å². The minimum atomic E-state index is -0.675. The molecule has 2 aromatic rings. The normalized spacial score (nSPS) is 16.0. The van der Waals surface area contributed by atoms with Crippen molar-refractivity contribution in [3.05, 3.63) is 58.1 Å². The molecule has 4 rings (SSSR count). The number of hydrogen-bond donors (Lipinski definition) is 0. The van der Waals surface area contributed by atoms with Crippen molar-refractivity contribution in [2.24, 2.45) is 4.99 Å². The van der Waals surface area contributed by atoms with Crippen molar-refractivity contribution < 1.29 is 19.1 Å². The number of rotatable bonds is 3. The molecular weight excluding hydrogens is 420 g/mol. The van der Waals surface area contributed by atoms with Crippen molar-refractivity contribution in [1.29, 1.82) is 0 Å². The van der Waals surface area contributed by atoms with Crippen molar-refractivity contribution in [3.8, 4) is 0 Å². The lowest BCUT2D eigenvalue weighted by Gasteiger charge is -2.39. The number of nitrogens with zero attached hydrogens (tertiary/aromatic N) is 4. The molecule has 2 aliphatic rings. The lowest BCUT2D eigenvalue weighted by molar-refractivity contribution is -0.148. The first kappa shape index (κ1) is 21.1. The third-order valence-electron chi connectivity index (χ3n) is 5.21. The topological polar surface area (TPSA) is 74.7 Å². The Labute approximate surface area is 184 Å². The zero-order chi connectivity index (χ0) is 22.0. The first-order chi connectivity index (χ1) is 14.9. The molecule has 0 N–H and O–H groups in total. The van der Waals surface area contributed by atoms with Crippen molar-refractivity contribution in [1.82, 2.24) is 9.80 Å². The molecule has 9 heteroatoms. The third-order valence-corrected chi connectivity index (χ3v) is 5.44. The number of anilines is 1. The van der Waals surface area contributed by atoms with E-state index in [0.717, 1.165) is 36.8 Å². The summed E-state index contributed by atoms with van der Waals surface area (Å²) >= 11 is 6.29. The summed E-state index contributed by atoms with van der Waals surface area (Å²) in [4.78, 5) is 35.1. The second kappa shape index (κ2) is 8.95. The van der Waals surface area contributed by atoms with Gasteiger partial charge in [-0.15, -0.1) is 0 Å². The van der Waals surface area contributed by atoms with Gasteiger partial charge < -0.3 is 19.3 Å². The highest BCUT2D eigenvalue weighted by atomic mass is 35.5. The molecule has 1 amide bonds. The minimum Gasteiger partial charge on any atom is -0.428 e. The molecule has 0 atom stereocenters. The predicted molar refractivity (Wildman–Crippen MR) is 116 cm³/mol. The van der Waals surface area contributed by atoms with Crippen molar-refractivity contribution in [3.63, 3.8) is 0 Å². The van der Waals surface area contributed by atoms with E-state index in [9.17, 15) is 9.59 Å². The molecule has 2 aromatic carbocycles. The Morgan fingerprint density at radius 1 is 1.06 bits per heavy atom. The Kier molecular flexibility index (Phi) is 6.11. The highest BCUT2D eigenvalue weighted by molar-refractivity contribution is 6.31. The summed E-state index contributed by atoms with van der Waals surface area (Å²) in [5.74, 6) is 0.136. The van der Waals surface area contributed by atoms with Gasteiger partial charge in [0.2, 0.25) is 6.79 Å². The van der Waals surface area contributed by atoms with Crippen LogP contribution in [0.1, 0.15) is 6.92 Å². The molecule has 0 radical (unpaired) electrons. The fraction of sp³-hybridized carbons (Fsp3) is 0.318. The van der Waals surface area contributed by atoms with E-state index in [0.29, 0.717) is 22.2 Å². The van der Waals surface area contributed by atoms with E-state index in [1.165, 1.54) is 11.8 Å². The number of carbonyl (C=O) groups is 2. The molecule has 31 heavy (non-hydrogen) atoms. The lowest BCUT2D eigenvalue weighted by atomic mass is 10.2. The van der Waals surface area contributed by atoms with Gasteiger partial charge in [-0.2, -0.15) is 0 Å². The van der Waals surface area contributed by atoms with Crippen LogP contribution in [0.2, 0.25) is 5.02 Å². The number of fused-ring (bicyclic) bond motifs is 2. The van der Waals surface area contributed by atoms with Gasteiger partial charge in [0, 0.05) is 43.3 Å². The first-order valence-corrected chi connectivity index (χ1v) is 10.3. The Balaban J connectivity index is 1.88. The average molecular weight is 443 g/mol. The maximum atomic E-state index is 13.3. The fourth-order valence-corrected chi connectivity index (χ4v) is 3.80. The van der Waals surface area contributed by atoms with Gasteiger partial charge >= 0.3 is 12.1 Å². The summed E-state index contributed by atoms with van der Waals surface area (Å²) in [6.07, 6.45) is -0.675. The standard InChI is InChI=1S/C22H23ClN4O4/c1-15(28)30-14-31-22(29)27-20-13-16(23)7-8-19(20)24-18-6-4-3-5-17(18)21(27)26-11-9-25(2)10-12-26/h3-8,13H,9-12,14H2,1-2H3. The number of halogens is 1. The van der Waals surface area contributed by atoms with Gasteiger partial charge in [-0.3, -0.25) is 4.79 Å². The highest BCUT2D eigenvalue weighted by Gasteiger charge is 2.32. The van der Waals surface area contributed by atoms with Gasteiger partial charge in [0.1, 0.15) is 5.82 Å². The molecule has 0 bridgehead atoms. The second-order valence-electron chi connectivity index (χ2n) is 7.38. The van der Waals surface area contributed by atoms with Crippen LogP contribution in [0.3, 0.4) is 0 Å². The van der Waals surface area contributed by atoms with Crippen LogP contribution in [0.4, 0.5) is 16.2 Å². The molecule has 162 valence electrons. The van der Waals surface area contributed by atoms with Crippen LogP contribution in [0, 0.1) is 0 Å². The molecule has 2 aliphatic heterocycles. The summed E-state index contributed by atoms with van der Waals surface area (Å²) in [5, 5.41) is 2.02. The molecule has 2 heterocycles. The van der Waals surface area contributed by atoms with Gasteiger partial charge in [-0.1, -0.05) is 23.7 Å². The zero-order valence-corrected chi connectivity index (χ0v) is 18.1. The van der Waals surface area contributed by atoms with E-state index >= 15 is 0 Å². The van der Waals surface area contributed by atoms with E-state index in [1.54, 1.807) is 18.2 Å². The first-order valence-electron chi connectivity index (χ1n) is 9.95. The molecule has 1 saturated heterocycles. The largest absolute Gasteiger partial charge is 0.428 e. The van der Waals surface area contributed by atoms with Crippen LogP contribution in [-0.2, 0) is 14.3 Å². The number of hydrogen-bond acceptors (Lipinski definition) is 7. The van der Waals surface area contributed by atoms with Crippen LogP contribution in [0.25, 0.3) is 5.82 Å². The SMILES string of the molecule is CC(=O)OCOC(=O)N1C(N2CCN(C)CC2)=c2ccccc2=Nc2ccc(Cl)cc21. The van der Waals surface area contributed by atoms with Crippen molar-refractivity contribution >= 4 is 40.9 Å². The number of piperazine rings is 1. The molecule has 0 saturated carbocycles. The molecule has 1 fully saturated rings. The number of ether oxygens (including phenoxy) is 2. The van der Waals surface area contributed by atoms with Gasteiger partial charge in [0.15, 0.2) is 0 Å². The van der Waals surface area contributed by atoms with Crippen LogP contribution >= 0.6 is 11.6 Å². The Morgan fingerprint density at radius 3 is 2.55 bits per heavy atom. The summed E-state index contributed by atoms with van der Waals surface area (Å²) in [6.45, 7) is 3.93. The molecule has 8 nitrogen and oxygen atoms in total. The molecule has 0 spiro atoms. The average Bonchev–Trinajstić information content (AvgIpc) is 2.88. The van der Waals surface area contributed by atoms with Gasteiger partial charge in [0.05, 0.1) is 16.7 Å².